The average molecular weight is 509 g/mol. The molecule has 0 radical (unpaired) electrons. The van der Waals surface area contributed by atoms with E-state index in [-0.39, 0.29) is 19.1 Å². The maximum atomic E-state index is 13.2. The van der Waals surface area contributed by atoms with Crippen LogP contribution >= 0.6 is 0 Å². The fourth-order valence-corrected chi connectivity index (χ4v) is 4.96. The van der Waals surface area contributed by atoms with E-state index in [9.17, 15) is 14.4 Å². The zero-order chi connectivity index (χ0) is 26.3. The molecule has 3 heterocycles. The number of carbonyl (C=O) groups excluding carboxylic acids is 3. The summed E-state index contributed by atoms with van der Waals surface area (Å²) in [6.45, 7) is 0.571. The molecule has 190 valence electrons. The smallest absolute Gasteiger partial charge is 0.322 e. The predicted octanol–water partition coefficient (Wildman–Crippen LogP) is 3.51. The first-order valence-electron chi connectivity index (χ1n) is 12.1. The molecule has 2 aliphatic rings. The largest absolute Gasteiger partial charge is 0.497 e. The van der Waals surface area contributed by atoms with Gasteiger partial charge in [-0.3, -0.25) is 14.9 Å². The summed E-state index contributed by atoms with van der Waals surface area (Å²) in [6, 6.07) is 23.4. The predicted molar refractivity (Wildman–Crippen MR) is 139 cm³/mol. The van der Waals surface area contributed by atoms with E-state index in [2.05, 4.69) is 15.6 Å². The number of hydrogen-bond donors (Lipinski definition) is 2. The number of aromatic nitrogens is 1. The molecular weight excluding hydrogens is 484 g/mol. The molecule has 2 aliphatic heterocycles. The number of ether oxygens (including phenoxy) is 2. The van der Waals surface area contributed by atoms with Gasteiger partial charge in [0.05, 0.1) is 24.9 Å². The highest BCUT2D eigenvalue weighted by Crippen LogP contribution is 2.33. The van der Waals surface area contributed by atoms with Crippen molar-refractivity contribution in [2.75, 3.05) is 13.7 Å². The second kappa shape index (κ2) is 9.19. The summed E-state index contributed by atoms with van der Waals surface area (Å²) >= 11 is 0. The molecule has 4 aromatic rings. The van der Waals surface area contributed by atoms with Gasteiger partial charge in [0, 0.05) is 17.5 Å². The molecule has 4 amide bonds. The van der Waals surface area contributed by atoms with Gasteiger partial charge in [0.1, 0.15) is 18.1 Å². The molecule has 38 heavy (non-hydrogen) atoms. The molecule has 1 fully saturated rings. The van der Waals surface area contributed by atoms with Crippen LogP contribution in [0.1, 0.15) is 27.2 Å². The maximum Gasteiger partial charge on any atom is 0.322 e. The van der Waals surface area contributed by atoms with Crippen LogP contribution < -0.4 is 20.1 Å². The minimum absolute atomic E-state index is 0.0262. The van der Waals surface area contributed by atoms with Crippen LogP contribution in [0, 0.1) is 0 Å². The van der Waals surface area contributed by atoms with Gasteiger partial charge in [0.2, 0.25) is 0 Å². The lowest BCUT2D eigenvalue weighted by Crippen LogP contribution is -2.52. The number of benzene rings is 3. The molecule has 0 aliphatic carbocycles. The van der Waals surface area contributed by atoms with Gasteiger partial charge < -0.3 is 19.7 Å². The van der Waals surface area contributed by atoms with Gasteiger partial charge in [-0.15, -0.1) is 0 Å². The summed E-state index contributed by atoms with van der Waals surface area (Å²) in [5.74, 6) is 0.420. The Balaban J connectivity index is 1.22. The number of imide groups is 1. The topological polar surface area (TPSA) is 110 Å². The SMILES string of the molecule is COc1ccc2c(c1)C(=O)N(C[C@@]1(c3ccc(OCc4ccc5ccccc5n4)cc3)NC(=O)NC1=O)C2. The van der Waals surface area contributed by atoms with Crippen LogP contribution in [0.3, 0.4) is 0 Å². The zero-order valence-corrected chi connectivity index (χ0v) is 20.6. The summed E-state index contributed by atoms with van der Waals surface area (Å²) < 4.78 is 11.2. The van der Waals surface area contributed by atoms with Crippen LogP contribution in [0.15, 0.2) is 78.9 Å². The van der Waals surface area contributed by atoms with Gasteiger partial charge in [-0.05, 0) is 47.5 Å². The lowest BCUT2D eigenvalue weighted by atomic mass is 9.89. The number of urea groups is 1. The highest BCUT2D eigenvalue weighted by atomic mass is 16.5. The quantitative estimate of drug-likeness (QED) is 0.370. The third-order valence-electron chi connectivity index (χ3n) is 6.96. The summed E-state index contributed by atoms with van der Waals surface area (Å²) in [4.78, 5) is 44.7. The Hall–Kier alpha value is -4.92. The number of nitrogens with one attached hydrogen (secondary N) is 2. The highest BCUT2D eigenvalue weighted by Gasteiger charge is 2.50. The maximum absolute atomic E-state index is 13.2. The van der Waals surface area contributed by atoms with Crippen molar-refractivity contribution in [2.45, 2.75) is 18.7 Å². The minimum atomic E-state index is -1.43. The molecule has 0 saturated carbocycles. The summed E-state index contributed by atoms with van der Waals surface area (Å²) in [5.41, 5.74) is 2.15. The Morgan fingerprint density at radius 2 is 1.74 bits per heavy atom. The van der Waals surface area contributed by atoms with Crippen LogP contribution in [-0.4, -0.2) is 41.4 Å². The van der Waals surface area contributed by atoms with Crippen LogP contribution in [-0.2, 0) is 23.5 Å². The Labute approximate surface area is 218 Å². The first kappa shape index (κ1) is 23.5. The van der Waals surface area contributed by atoms with E-state index in [1.807, 2.05) is 42.5 Å². The standard InChI is InChI=1S/C29H24N4O5/c1-37-23-11-7-19-15-33(26(34)24(19)14-23)17-29(27(35)31-28(36)32-29)20-8-12-22(13-9-20)38-16-21-10-6-18-4-2-3-5-25(18)30-21/h2-14H,15-17H2,1H3,(H2,31,32,35,36)/t29-/m0/s1. The van der Waals surface area contributed by atoms with Crippen LogP contribution in [0.25, 0.3) is 10.9 Å². The summed E-state index contributed by atoms with van der Waals surface area (Å²) in [6.07, 6.45) is 0. The number of rotatable bonds is 7. The van der Waals surface area contributed by atoms with Gasteiger partial charge in [-0.2, -0.15) is 0 Å². The lowest BCUT2D eigenvalue weighted by Gasteiger charge is -2.31. The van der Waals surface area contributed by atoms with Crippen molar-refractivity contribution in [1.82, 2.24) is 20.5 Å². The first-order chi connectivity index (χ1) is 18.4. The molecule has 1 atom stereocenters. The van der Waals surface area contributed by atoms with Crippen molar-refractivity contribution in [3.05, 3.63) is 101 Å². The number of fused-ring (bicyclic) bond motifs is 2. The number of para-hydroxylation sites is 1. The Morgan fingerprint density at radius 3 is 2.50 bits per heavy atom. The van der Waals surface area contributed by atoms with E-state index >= 15 is 0 Å². The molecule has 0 spiro atoms. The molecule has 2 N–H and O–H groups in total. The number of nitrogens with zero attached hydrogens (tertiary/aromatic N) is 2. The van der Waals surface area contributed by atoms with Crippen LogP contribution in [0.4, 0.5) is 4.79 Å². The fraction of sp³-hybridized carbons (Fsp3) is 0.172. The zero-order valence-electron chi connectivity index (χ0n) is 20.6. The minimum Gasteiger partial charge on any atom is -0.497 e. The Bertz CT molecular complexity index is 1590. The normalized spacial score (nSPS) is 18.3. The van der Waals surface area contributed by atoms with Crippen molar-refractivity contribution < 1.29 is 23.9 Å². The summed E-state index contributed by atoms with van der Waals surface area (Å²) in [7, 11) is 1.54. The number of amides is 4. The lowest BCUT2D eigenvalue weighted by molar-refractivity contribution is -0.124. The molecule has 9 nitrogen and oxygen atoms in total. The van der Waals surface area contributed by atoms with Crippen molar-refractivity contribution in [2.24, 2.45) is 0 Å². The van der Waals surface area contributed by atoms with Crippen LogP contribution in [0.2, 0.25) is 0 Å². The molecule has 1 aromatic heterocycles. The monoisotopic (exact) mass is 508 g/mol. The van der Waals surface area contributed by atoms with Crippen molar-refractivity contribution in [1.29, 1.82) is 0 Å². The van der Waals surface area contributed by atoms with Gasteiger partial charge in [0.15, 0.2) is 5.54 Å². The first-order valence-corrected chi connectivity index (χ1v) is 12.1. The Morgan fingerprint density at radius 1 is 0.947 bits per heavy atom. The Kier molecular flexibility index (Phi) is 5.68. The van der Waals surface area contributed by atoms with Crippen molar-refractivity contribution in [3.63, 3.8) is 0 Å². The molecule has 1 saturated heterocycles. The molecule has 0 unspecified atom stereocenters. The van der Waals surface area contributed by atoms with E-state index in [1.165, 1.54) is 7.11 Å². The third kappa shape index (κ3) is 4.07. The average Bonchev–Trinajstić information content (AvgIpc) is 3.41. The van der Waals surface area contributed by atoms with Gasteiger partial charge in [-0.1, -0.05) is 42.5 Å². The number of methoxy groups -OCH3 is 1. The second-order valence-electron chi connectivity index (χ2n) is 9.31. The fourth-order valence-electron chi connectivity index (χ4n) is 4.96. The third-order valence-corrected chi connectivity index (χ3v) is 6.96. The highest BCUT2D eigenvalue weighted by molar-refractivity contribution is 6.08. The van der Waals surface area contributed by atoms with Gasteiger partial charge >= 0.3 is 6.03 Å². The molecular formula is C29H24N4O5. The van der Waals surface area contributed by atoms with E-state index in [0.717, 1.165) is 22.2 Å². The molecule has 6 rings (SSSR count). The number of hydrogen-bond acceptors (Lipinski definition) is 6. The van der Waals surface area contributed by atoms with E-state index in [4.69, 9.17) is 9.47 Å². The molecule has 3 aromatic carbocycles. The van der Waals surface area contributed by atoms with E-state index < -0.39 is 17.5 Å². The van der Waals surface area contributed by atoms with Crippen molar-refractivity contribution >= 4 is 28.7 Å². The van der Waals surface area contributed by atoms with E-state index in [0.29, 0.717) is 29.2 Å². The van der Waals surface area contributed by atoms with Gasteiger partial charge in [0.25, 0.3) is 11.8 Å². The second-order valence-corrected chi connectivity index (χ2v) is 9.31. The number of carbonyl (C=O) groups is 3. The van der Waals surface area contributed by atoms with Crippen molar-refractivity contribution in [3.8, 4) is 11.5 Å². The van der Waals surface area contributed by atoms with Gasteiger partial charge in [-0.25, -0.2) is 9.78 Å². The number of pyridine rings is 1. The molecule has 9 heteroatoms. The van der Waals surface area contributed by atoms with Crippen LogP contribution in [0.5, 0.6) is 11.5 Å². The summed E-state index contributed by atoms with van der Waals surface area (Å²) in [5, 5.41) is 6.14. The van der Waals surface area contributed by atoms with E-state index in [1.54, 1.807) is 41.3 Å². The molecule has 0 bridgehead atoms.